The molecule has 3 N–H and O–H groups in total. The third-order valence-corrected chi connectivity index (χ3v) is 3.63. The summed E-state index contributed by atoms with van der Waals surface area (Å²) in [6.45, 7) is 10.2. The monoisotopic (exact) mass is 229 g/mol. The Kier molecular flexibility index (Phi) is 6.28. The third kappa shape index (κ3) is 4.01. The second kappa shape index (κ2) is 7.22. The first-order chi connectivity index (χ1) is 7.71. The zero-order chi connectivity index (χ0) is 12.0. The molecular formula is C12H27N3O. The standard InChI is InChI=1S/C12H27N3O/c1-3-15(4-2)12-6-8-14(9-12)7-5-11(13)10-16/h11-12,16H,3-10,13H2,1-2H3. The first kappa shape index (κ1) is 13.9. The summed E-state index contributed by atoms with van der Waals surface area (Å²) in [5.41, 5.74) is 5.71. The second-order valence-electron chi connectivity index (χ2n) is 4.70. The van der Waals surface area contributed by atoms with Crippen LogP contribution in [0.5, 0.6) is 0 Å². The van der Waals surface area contributed by atoms with Crippen LogP contribution < -0.4 is 5.73 Å². The largest absolute Gasteiger partial charge is 0.395 e. The van der Waals surface area contributed by atoms with Crippen LogP contribution in [0.1, 0.15) is 26.7 Å². The molecule has 1 rings (SSSR count). The van der Waals surface area contributed by atoms with Gasteiger partial charge in [0.05, 0.1) is 6.61 Å². The van der Waals surface area contributed by atoms with Gasteiger partial charge in [-0.2, -0.15) is 0 Å². The molecule has 0 spiro atoms. The molecule has 2 atom stereocenters. The lowest BCUT2D eigenvalue weighted by Crippen LogP contribution is -2.38. The zero-order valence-corrected chi connectivity index (χ0v) is 10.7. The minimum atomic E-state index is -0.0486. The van der Waals surface area contributed by atoms with Gasteiger partial charge in [-0.25, -0.2) is 0 Å². The SMILES string of the molecule is CCN(CC)C1CCN(CCC(N)CO)C1. The summed E-state index contributed by atoms with van der Waals surface area (Å²) in [6, 6.07) is 0.674. The van der Waals surface area contributed by atoms with Crippen molar-refractivity contribution in [1.82, 2.24) is 9.80 Å². The van der Waals surface area contributed by atoms with Crippen molar-refractivity contribution in [3.8, 4) is 0 Å². The highest BCUT2D eigenvalue weighted by Gasteiger charge is 2.25. The number of likely N-dealkylation sites (tertiary alicyclic amines) is 1. The Morgan fingerprint density at radius 1 is 1.44 bits per heavy atom. The molecule has 0 aliphatic carbocycles. The van der Waals surface area contributed by atoms with Crippen molar-refractivity contribution in [3.05, 3.63) is 0 Å². The highest BCUT2D eigenvalue weighted by molar-refractivity contribution is 4.83. The first-order valence-corrected chi connectivity index (χ1v) is 6.54. The van der Waals surface area contributed by atoms with Gasteiger partial charge in [0.1, 0.15) is 0 Å². The lowest BCUT2D eigenvalue weighted by atomic mass is 10.2. The Morgan fingerprint density at radius 2 is 2.12 bits per heavy atom. The maximum Gasteiger partial charge on any atom is 0.0583 e. The van der Waals surface area contributed by atoms with Crippen molar-refractivity contribution in [3.63, 3.8) is 0 Å². The summed E-state index contributed by atoms with van der Waals surface area (Å²) in [7, 11) is 0. The second-order valence-corrected chi connectivity index (χ2v) is 4.70. The predicted octanol–water partition coefficient (Wildman–Crippen LogP) is 0.112. The van der Waals surface area contributed by atoms with E-state index in [1.165, 1.54) is 19.5 Å². The molecule has 1 saturated heterocycles. The fourth-order valence-corrected chi connectivity index (χ4v) is 2.49. The highest BCUT2D eigenvalue weighted by atomic mass is 16.3. The van der Waals surface area contributed by atoms with E-state index in [2.05, 4.69) is 23.6 Å². The van der Waals surface area contributed by atoms with Crippen molar-refractivity contribution in [2.75, 3.05) is 39.3 Å². The highest BCUT2D eigenvalue weighted by Crippen LogP contribution is 2.15. The molecule has 0 aromatic heterocycles. The van der Waals surface area contributed by atoms with Gasteiger partial charge in [0.15, 0.2) is 0 Å². The molecule has 0 aromatic rings. The molecule has 16 heavy (non-hydrogen) atoms. The topological polar surface area (TPSA) is 52.7 Å². The van der Waals surface area contributed by atoms with Crippen molar-refractivity contribution >= 4 is 0 Å². The Balaban J connectivity index is 2.24. The van der Waals surface area contributed by atoms with E-state index in [1.807, 2.05) is 0 Å². The van der Waals surface area contributed by atoms with E-state index >= 15 is 0 Å². The minimum Gasteiger partial charge on any atom is -0.395 e. The van der Waals surface area contributed by atoms with Gasteiger partial charge in [-0.1, -0.05) is 13.8 Å². The molecule has 0 bridgehead atoms. The van der Waals surface area contributed by atoms with Gasteiger partial charge >= 0.3 is 0 Å². The summed E-state index contributed by atoms with van der Waals surface area (Å²) < 4.78 is 0. The molecule has 1 aliphatic heterocycles. The molecule has 0 radical (unpaired) electrons. The molecule has 4 heteroatoms. The lowest BCUT2D eigenvalue weighted by Gasteiger charge is -2.26. The van der Waals surface area contributed by atoms with Crippen LogP contribution in [0.4, 0.5) is 0 Å². The molecule has 0 amide bonds. The minimum absolute atomic E-state index is 0.0486. The van der Waals surface area contributed by atoms with E-state index in [0.29, 0.717) is 0 Å². The summed E-state index contributed by atoms with van der Waals surface area (Å²) >= 11 is 0. The molecule has 0 aromatic carbocycles. The number of aliphatic hydroxyl groups is 1. The number of nitrogens with zero attached hydrogens (tertiary/aromatic N) is 2. The van der Waals surface area contributed by atoms with Crippen LogP contribution >= 0.6 is 0 Å². The summed E-state index contributed by atoms with van der Waals surface area (Å²) in [5.74, 6) is 0. The Hall–Kier alpha value is -0.160. The van der Waals surface area contributed by atoms with E-state index < -0.39 is 0 Å². The van der Waals surface area contributed by atoms with Gasteiger partial charge in [-0.05, 0) is 39.0 Å². The van der Waals surface area contributed by atoms with Crippen LogP contribution in [-0.4, -0.2) is 66.3 Å². The number of nitrogens with two attached hydrogens (primary N) is 1. The fraction of sp³-hybridized carbons (Fsp3) is 1.00. The molecular weight excluding hydrogens is 202 g/mol. The van der Waals surface area contributed by atoms with Crippen molar-refractivity contribution in [2.45, 2.75) is 38.8 Å². The van der Waals surface area contributed by atoms with Crippen molar-refractivity contribution in [1.29, 1.82) is 0 Å². The average molecular weight is 229 g/mol. The predicted molar refractivity (Wildman–Crippen MR) is 67.4 cm³/mol. The van der Waals surface area contributed by atoms with Crippen molar-refractivity contribution in [2.24, 2.45) is 5.73 Å². The lowest BCUT2D eigenvalue weighted by molar-refractivity contribution is 0.203. The van der Waals surface area contributed by atoms with Gasteiger partial charge in [-0.15, -0.1) is 0 Å². The van der Waals surface area contributed by atoms with E-state index in [4.69, 9.17) is 10.8 Å². The number of aliphatic hydroxyl groups excluding tert-OH is 1. The third-order valence-electron chi connectivity index (χ3n) is 3.63. The van der Waals surface area contributed by atoms with Crippen LogP contribution in [0.2, 0.25) is 0 Å². The van der Waals surface area contributed by atoms with Gasteiger partial charge < -0.3 is 15.7 Å². The summed E-state index contributed by atoms with van der Waals surface area (Å²) in [5, 5.41) is 8.87. The molecule has 1 aliphatic rings. The van der Waals surface area contributed by atoms with Crippen LogP contribution in [0.15, 0.2) is 0 Å². The van der Waals surface area contributed by atoms with Crippen molar-refractivity contribution < 1.29 is 5.11 Å². The Labute approximate surface area is 99.4 Å². The van der Waals surface area contributed by atoms with E-state index in [-0.39, 0.29) is 12.6 Å². The van der Waals surface area contributed by atoms with Crippen LogP contribution in [0, 0.1) is 0 Å². The normalized spacial score (nSPS) is 24.2. The average Bonchev–Trinajstić information content (AvgIpc) is 2.76. The fourth-order valence-electron chi connectivity index (χ4n) is 2.49. The molecule has 1 fully saturated rings. The van der Waals surface area contributed by atoms with E-state index in [1.54, 1.807) is 0 Å². The van der Waals surface area contributed by atoms with Crippen LogP contribution in [0.3, 0.4) is 0 Å². The van der Waals surface area contributed by atoms with Gasteiger partial charge in [0.2, 0.25) is 0 Å². The molecule has 2 unspecified atom stereocenters. The summed E-state index contributed by atoms with van der Waals surface area (Å²) in [4.78, 5) is 5.00. The molecule has 4 nitrogen and oxygen atoms in total. The van der Waals surface area contributed by atoms with Crippen LogP contribution in [-0.2, 0) is 0 Å². The number of rotatable bonds is 7. The molecule has 1 heterocycles. The van der Waals surface area contributed by atoms with Gasteiger partial charge in [0, 0.05) is 18.6 Å². The number of hydrogen-bond donors (Lipinski definition) is 2. The van der Waals surface area contributed by atoms with Crippen LogP contribution in [0.25, 0.3) is 0 Å². The Morgan fingerprint density at radius 3 is 2.69 bits per heavy atom. The molecule has 0 saturated carbocycles. The quantitative estimate of drug-likeness (QED) is 0.651. The summed E-state index contributed by atoms with van der Waals surface area (Å²) in [6.07, 6.45) is 2.18. The van der Waals surface area contributed by atoms with Gasteiger partial charge in [0.25, 0.3) is 0 Å². The first-order valence-electron chi connectivity index (χ1n) is 6.54. The van der Waals surface area contributed by atoms with E-state index in [0.717, 1.165) is 32.1 Å². The smallest absolute Gasteiger partial charge is 0.0583 e. The zero-order valence-electron chi connectivity index (χ0n) is 10.7. The molecule has 96 valence electrons. The maximum absolute atomic E-state index is 8.87. The Bertz CT molecular complexity index is 185. The number of likely N-dealkylation sites (N-methyl/N-ethyl adjacent to an activating group) is 1. The number of hydrogen-bond acceptors (Lipinski definition) is 4. The van der Waals surface area contributed by atoms with E-state index in [9.17, 15) is 0 Å². The van der Waals surface area contributed by atoms with Gasteiger partial charge in [-0.3, -0.25) is 4.90 Å². The maximum atomic E-state index is 8.87.